The highest BCUT2D eigenvalue weighted by atomic mass is 19.4. The van der Waals surface area contributed by atoms with Crippen LogP contribution in [0.25, 0.3) is 22.3 Å². The summed E-state index contributed by atoms with van der Waals surface area (Å²) in [6, 6.07) is 2.90. The molecule has 2 aromatic heterocycles. The minimum absolute atomic E-state index is 0.154. The number of hydrogen-bond acceptors (Lipinski definition) is 6. The highest BCUT2D eigenvalue weighted by Crippen LogP contribution is 2.40. The van der Waals surface area contributed by atoms with Crippen LogP contribution in [0.3, 0.4) is 0 Å². The van der Waals surface area contributed by atoms with Crippen LogP contribution in [0, 0.1) is 18.3 Å². The molecule has 1 saturated carbocycles. The second-order valence-electron chi connectivity index (χ2n) is 11.0. The van der Waals surface area contributed by atoms with E-state index in [4.69, 9.17) is 4.74 Å². The van der Waals surface area contributed by atoms with Crippen molar-refractivity contribution in [2.75, 3.05) is 26.3 Å². The quantitative estimate of drug-likeness (QED) is 0.417. The third-order valence-electron chi connectivity index (χ3n) is 7.47. The molecule has 1 aliphatic heterocycles. The van der Waals surface area contributed by atoms with Gasteiger partial charge in [0.2, 0.25) is 5.91 Å². The normalized spacial score (nSPS) is 18.9. The van der Waals surface area contributed by atoms with E-state index < -0.39 is 41.6 Å². The lowest BCUT2D eigenvalue weighted by Gasteiger charge is -2.26. The van der Waals surface area contributed by atoms with Crippen LogP contribution in [0.4, 0.5) is 13.2 Å². The van der Waals surface area contributed by atoms with Crippen molar-refractivity contribution in [1.82, 2.24) is 25.2 Å². The lowest BCUT2D eigenvalue weighted by molar-refractivity contribution is -0.137. The van der Waals surface area contributed by atoms with Crippen LogP contribution >= 0.6 is 0 Å². The number of aryl methyl sites for hydroxylation is 1. The van der Waals surface area contributed by atoms with E-state index in [1.807, 2.05) is 13.8 Å². The van der Waals surface area contributed by atoms with Gasteiger partial charge in [-0.05, 0) is 43.9 Å². The largest absolute Gasteiger partial charge is 0.493 e. The Hall–Kier alpha value is -3.67. The van der Waals surface area contributed by atoms with Gasteiger partial charge in [0.15, 0.2) is 0 Å². The van der Waals surface area contributed by atoms with E-state index in [1.165, 1.54) is 17.3 Å². The fourth-order valence-corrected chi connectivity index (χ4v) is 5.01. The van der Waals surface area contributed by atoms with Crippen molar-refractivity contribution in [1.29, 1.82) is 0 Å². The van der Waals surface area contributed by atoms with Gasteiger partial charge in [-0.2, -0.15) is 13.2 Å². The van der Waals surface area contributed by atoms with E-state index in [9.17, 15) is 27.9 Å². The van der Waals surface area contributed by atoms with Crippen LogP contribution in [0.1, 0.15) is 48.3 Å². The maximum Gasteiger partial charge on any atom is 0.416 e. The van der Waals surface area contributed by atoms with Gasteiger partial charge in [-0.1, -0.05) is 13.8 Å². The molecule has 208 valence electrons. The average molecular weight is 546 g/mol. The summed E-state index contributed by atoms with van der Waals surface area (Å²) in [5, 5.41) is 12.2. The predicted molar refractivity (Wildman–Crippen MR) is 136 cm³/mol. The number of halogens is 3. The number of ether oxygens (including phenoxy) is 1. The van der Waals surface area contributed by atoms with Crippen LogP contribution in [-0.4, -0.2) is 69.1 Å². The number of carbonyl (C=O) groups excluding carboxylic acids is 2. The molecule has 3 aromatic rings. The summed E-state index contributed by atoms with van der Waals surface area (Å²) in [6.45, 7) is 5.92. The molecule has 12 heteroatoms. The van der Waals surface area contributed by atoms with E-state index in [1.54, 1.807) is 6.92 Å². The van der Waals surface area contributed by atoms with Gasteiger partial charge < -0.3 is 25.0 Å². The fourth-order valence-electron chi connectivity index (χ4n) is 5.01. The van der Waals surface area contributed by atoms with Crippen LogP contribution < -0.4 is 10.1 Å². The maximum atomic E-state index is 13.6. The molecule has 3 N–H and O–H groups in total. The summed E-state index contributed by atoms with van der Waals surface area (Å²) < 4.78 is 46.7. The first kappa shape index (κ1) is 26.9. The Labute approximate surface area is 222 Å². The third-order valence-corrected chi connectivity index (χ3v) is 7.47. The van der Waals surface area contributed by atoms with Crippen molar-refractivity contribution in [3.63, 3.8) is 0 Å². The van der Waals surface area contributed by atoms with Crippen LogP contribution in [0.15, 0.2) is 24.5 Å². The number of aromatic amines is 1. The van der Waals surface area contributed by atoms with E-state index >= 15 is 0 Å². The number of aliphatic hydroxyl groups excluding tert-OH is 1. The molecule has 2 fully saturated rings. The number of aromatic nitrogens is 3. The van der Waals surface area contributed by atoms with Crippen molar-refractivity contribution in [2.24, 2.45) is 11.3 Å². The van der Waals surface area contributed by atoms with E-state index in [0.717, 1.165) is 25.0 Å². The molecule has 1 unspecified atom stereocenters. The number of fused-ring (bicyclic) bond motifs is 1. The van der Waals surface area contributed by atoms with Crippen molar-refractivity contribution in [3.8, 4) is 17.0 Å². The Morgan fingerprint density at radius 2 is 2.00 bits per heavy atom. The Morgan fingerprint density at radius 3 is 2.67 bits per heavy atom. The summed E-state index contributed by atoms with van der Waals surface area (Å²) in [6.07, 6.45) is -1.31. The molecule has 5 rings (SSSR count). The summed E-state index contributed by atoms with van der Waals surface area (Å²) in [7, 11) is 0. The molecule has 39 heavy (non-hydrogen) atoms. The van der Waals surface area contributed by atoms with Gasteiger partial charge >= 0.3 is 6.18 Å². The summed E-state index contributed by atoms with van der Waals surface area (Å²) >= 11 is 0. The number of rotatable bonds is 7. The summed E-state index contributed by atoms with van der Waals surface area (Å²) in [5.41, 5.74) is 0.348. The van der Waals surface area contributed by atoms with E-state index in [-0.39, 0.29) is 34.6 Å². The first-order valence-corrected chi connectivity index (χ1v) is 12.8. The highest BCUT2D eigenvalue weighted by molar-refractivity contribution is 6.09. The summed E-state index contributed by atoms with van der Waals surface area (Å²) in [4.78, 5) is 38.7. The smallest absolute Gasteiger partial charge is 0.416 e. The Balaban J connectivity index is 1.51. The third kappa shape index (κ3) is 5.29. The molecule has 9 nitrogen and oxygen atoms in total. The van der Waals surface area contributed by atoms with Gasteiger partial charge in [-0.25, -0.2) is 9.97 Å². The number of amides is 2. The molecule has 1 atom stereocenters. The monoisotopic (exact) mass is 545 g/mol. The Kier molecular flexibility index (Phi) is 6.78. The lowest BCUT2D eigenvalue weighted by atomic mass is 9.87. The highest BCUT2D eigenvalue weighted by Gasteiger charge is 2.42. The molecular formula is C27H30F3N5O4. The van der Waals surface area contributed by atoms with Gasteiger partial charge in [-0.3, -0.25) is 9.59 Å². The van der Waals surface area contributed by atoms with Crippen LogP contribution in [-0.2, 0) is 11.0 Å². The second-order valence-corrected chi connectivity index (χ2v) is 11.0. The average Bonchev–Trinajstić information content (AvgIpc) is 3.57. The zero-order chi connectivity index (χ0) is 28.1. The molecule has 1 aromatic carbocycles. The molecular weight excluding hydrogens is 515 g/mol. The number of carbonyl (C=O) groups is 2. The Bertz CT molecular complexity index is 1430. The van der Waals surface area contributed by atoms with Crippen molar-refractivity contribution in [3.05, 3.63) is 41.3 Å². The zero-order valence-corrected chi connectivity index (χ0v) is 21.9. The molecule has 1 aliphatic carbocycles. The lowest BCUT2D eigenvalue weighted by Crippen LogP contribution is -2.44. The fraction of sp³-hybridized carbons (Fsp3) is 0.481. The molecule has 0 radical (unpaired) electrons. The zero-order valence-electron chi connectivity index (χ0n) is 21.9. The number of benzene rings is 1. The Morgan fingerprint density at radius 1 is 1.26 bits per heavy atom. The van der Waals surface area contributed by atoms with Gasteiger partial charge in [0.05, 0.1) is 29.3 Å². The minimum Gasteiger partial charge on any atom is -0.493 e. The van der Waals surface area contributed by atoms with E-state index in [0.29, 0.717) is 30.3 Å². The minimum atomic E-state index is -4.56. The molecule has 2 amide bonds. The maximum absolute atomic E-state index is 13.6. The van der Waals surface area contributed by atoms with Crippen LogP contribution in [0.5, 0.6) is 5.75 Å². The van der Waals surface area contributed by atoms with E-state index in [2.05, 4.69) is 20.3 Å². The standard InChI is InChI=1S/C27H30F3N5O4/c1-14-21(25(38)34-19-9-35(20(37)10-36)12-26(19,2)3)23-24(33-14)22(31-13-32-23)17-8-16(27(28,29)30)6-7-18(17)39-11-15-4-5-15/h6-8,13,15,19,33,36H,4-5,9-12H2,1-3H3,(H,34,38). The number of alkyl halides is 3. The number of aliphatic hydroxyl groups is 1. The number of nitrogens with zero attached hydrogens (tertiary/aromatic N) is 3. The molecule has 2 aliphatic rings. The number of hydrogen-bond donors (Lipinski definition) is 3. The topological polar surface area (TPSA) is 120 Å². The predicted octanol–water partition coefficient (Wildman–Crippen LogP) is 3.70. The van der Waals surface area contributed by atoms with Gasteiger partial charge in [0.1, 0.15) is 29.9 Å². The van der Waals surface area contributed by atoms with Crippen molar-refractivity contribution < 1.29 is 32.6 Å². The first-order chi connectivity index (χ1) is 18.4. The van der Waals surface area contributed by atoms with Crippen LogP contribution in [0.2, 0.25) is 0 Å². The first-order valence-electron chi connectivity index (χ1n) is 12.8. The SMILES string of the molecule is Cc1[nH]c2c(-c3cc(C(F)(F)F)ccc3OCC3CC3)ncnc2c1C(=O)NC1CN(C(=O)CO)CC1(C)C. The molecule has 3 heterocycles. The van der Waals surface area contributed by atoms with Crippen molar-refractivity contribution >= 4 is 22.8 Å². The molecule has 0 spiro atoms. The van der Waals surface area contributed by atoms with Gasteiger partial charge in [0.25, 0.3) is 5.91 Å². The van der Waals surface area contributed by atoms with Gasteiger partial charge in [-0.15, -0.1) is 0 Å². The molecule has 0 bridgehead atoms. The summed E-state index contributed by atoms with van der Waals surface area (Å²) in [5.74, 6) is -0.193. The second kappa shape index (κ2) is 9.82. The number of H-pyrrole nitrogens is 1. The van der Waals surface area contributed by atoms with Gasteiger partial charge in [0, 0.05) is 29.8 Å². The number of nitrogens with one attached hydrogen (secondary N) is 2. The van der Waals surface area contributed by atoms with Crippen molar-refractivity contribution in [2.45, 2.75) is 45.8 Å². The molecule has 1 saturated heterocycles. The number of likely N-dealkylation sites (tertiary alicyclic amines) is 1.